The van der Waals surface area contributed by atoms with Crippen LogP contribution in [-0.4, -0.2) is 4.98 Å². The van der Waals surface area contributed by atoms with Crippen molar-refractivity contribution in [3.05, 3.63) is 29.1 Å². The van der Waals surface area contributed by atoms with Crippen molar-refractivity contribution in [3.63, 3.8) is 0 Å². The first-order valence-corrected chi connectivity index (χ1v) is 4.90. The lowest BCUT2D eigenvalue weighted by atomic mass is 10.2. The van der Waals surface area contributed by atoms with Crippen molar-refractivity contribution in [1.82, 2.24) is 4.98 Å². The van der Waals surface area contributed by atoms with Gasteiger partial charge in [0.1, 0.15) is 5.52 Å². The molecule has 0 aliphatic rings. The second-order valence-corrected chi connectivity index (χ2v) is 3.29. The molecule has 62 valence electrons. The van der Waals surface area contributed by atoms with E-state index in [-0.39, 0.29) is 5.35 Å². The van der Waals surface area contributed by atoms with E-state index in [2.05, 4.69) is 20.9 Å². The Hall–Kier alpha value is -0.540. The highest BCUT2D eigenvalue weighted by molar-refractivity contribution is 9.08. The minimum absolute atomic E-state index is 0.191. The van der Waals surface area contributed by atoms with Gasteiger partial charge in [-0.15, -0.1) is 0 Å². The van der Waals surface area contributed by atoms with Crippen LogP contribution in [0.4, 0.5) is 0 Å². The first-order valence-electron chi connectivity index (χ1n) is 3.40. The fourth-order valence-electron chi connectivity index (χ4n) is 1.03. The Morgan fingerprint density at radius 2 is 2.33 bits per heavy atom. The van der Waals surface area contributed by atoms with Gasteiger partial charge in [-0.05, 0) is 29.3 Å². The first kappa shape index (κ1) is 8.08. The Balaban J connectivity index is 2.66. The van der Waals surface area contributed by atoms with Crippen LogP contribution in [0.5, 0.6) is 0 Å². The van der Waals surface area contributed by atoms with Crippen LogP contribution in [0.15, 0.2) is 22.6 Å². The minimum Gasteiger partial charge on any atom is -0.428 e. The average Bonchev–Trinajstić information content (AvgIpc) is 2.43. The number of oxazole rings is 1. The van der Waals surface area contributed by atoms with Crippen LogP contribution < -0.4 is 0 Å². The van der Waals surface area contributed by atoms with Crippen LogP contribution in [0.3, 0.4) is 0 Å². The van der Waals surface area contributed by atoms with Crippen molar-refractivity contribution in [2.24, 2.45) is 0 Å². The molecule has 1 aromatic carbocycles. The summed E-state index contributed by atoms with van der Waals surface area (Å²) in [5.41, 5.74) is 2.69. The van der Waals surface area contributed by atoms with Crippen molar-refractivity contribution in [1.29, 1.82) is 0 Å². The molecule has 2 aromatic rings. The Morgan fingerprint density at radius 1 is 1.50 bits per heavy atom. The predicted molar refractivity (Wildman–Crippen MR) is 51.7 cm³/mol. The fourth-order valence-corrected chi connectivity index (χ4v) is 1.55. The molecule has 0 amide bonds. The summed E-state index contributed by atoms with van der Waals surface area (Å²) < 4.78 is 5.11. The third-order valence-electron chi connectivity index (χ3n) is 1.58. The smallest absolute Gasteiger partial charge is 0.293 e. The summed E-state index contributed by atoms with van der Waals surface area (Å²) in [5.74, 6) is 0. The van der Waals surface area contributed by atoms with E-state index in [9.17, 15) is 0 Å². The van der Waals surface area contributed by atoms with E-state index in [1.54, 1.807) is 0 Å². The Labute approximate surface area is 82.7 Å². The van der Waals surface area contributed by atoms with Gasteiger partial charge in [0.05, 0.1) is 0 Å². The molecule has 4 heteroatoms. The number of halogens is 2. The number of aromatic nitrogens is 1. The second kappa shape index (κ2) is 3.07. The van der Waals surface area contributed by atoms with Gasteiger partial charge in [-0.3, -0.25) is 0 Å². The molecule has 0 saturated carbocycles. The maximum atomic E-state index is 5.59. The molecule has 0 unspecified atom stereocenters. The van der Waals surface area contributed by atoms with Crippen molar-refractivity contribution >= 4 is 38.6 Å². The quantitative estimate of drug-likeness (QED) is 0.721. The van der Waals surface area contributed by atoms with Gasteiger partial charge in [-0.2, -0.15) is 4.98 Å². The molecule has 0 spiro atoms. The standard InChI is InChI=1S/C8H5BrClNO/c9-4-5-1-2-7-6(3-5)11-8(10)12-7/h1-3H,4H2. The molecular formula is C8H5BrClNO. The minimum atomic E-state index is 0.191. The average molecular weight is 246 g/mol. The zero-order chi connectivity index (χ0) is 8.55. The van der Waals surface area contributed by atoms with Gasteiger partial charge in [-0.1, -0.05) is 22.0 Å². The van der Waals surface area contributed by atoms with Crippen molar-refractivity contribution in [2.45, 2.75) is 5.33 Å². The van der Waals surface area contributed by atoms with Crippen LogP contribution in [-0.2, 0) is 5.33 Å². The number of benzene rings is 1. The second-order valence-electron chi connectivity index (χ2n) is 2.40. The van der Waals surface area contributed by atoms with E-state index >= 15 is 0 Å². The van der Waals surface area contributed by atoms with Crippen LogP contribution in [0.1, 0.15) is 5.56 Å². The van der Waals surface area contributed by atoms with Gasteiger partial charge < -0.3 is 4.42 Å². The molecule has 2 rings (SSSR count). The third kappa shape index (κ3) is 1.34. The molecule has 12 heavy (non-hydrogen) atoms. The molecular weight excluding hydrogens is 241 g/mol. The number of alkyl halides is 1. The Bertz CT molecular complexity index is 412. The van der Waals surface area contributed by atoms with E-state index in [1.807, 2.05) is 18.2 Å². The molecule has 0 radical (unpaired) electrons. The summed E-state index contributed by atoms with van der Waals surface area (Å²) in [5, 5.41) is 1.00. The van der Waals surface area contributed by atoms with Crippen molar-refractivity contribution in [3.8, 4) is 0 Å². The first-order chi connectivity index (χ1) is 5.79. The number of nitrogens with zero attached hydrogens (tertiary/aromatic N) is 1. The summed E-state index contributed by atoms with van der Waals surface area (Å²) in [6.07, 6.45) is 0. The largest absolute Gasteiger partial charge is 0.428 e. The Kier molecular flexibility index (Phi) is 2.07. The van der Waals surface area contributed by atoms with Gasteiger partial charge in [0.15, 0.2) is 5.58 Å². The maximum Gasteiger partial charge on any atom is 0.293 e. The van der Waals surface area contributed by atoms with Crippen LogP contribution in [0.25, 0.3) is 11.1 Å². The van der Waals surface area contributed by atoms with Gasteiger partial charge in [-0.25, -0.2) is 0 Å². The highest BCUT2D eigenvalue weighted by Crippen LogP contribution is 2.20. The highest BCUT2D eigenvalue weighted by atomic mass is 79.9. The van der Waals surface area contributed by atoms with Gasteiger partial charge in [0, 0.05) is 5.33 Å². The molecule has 1 aromatic heterocycles. The number of hydrogen-bond donors (Lipinski definition) is 0. The molecule has 0 fully saturated rings. The zero-order valence-corrected chi connectivity index (χ0v) is 8.39. The summed E-state index contributed by atoms with van der Waals surface area (Å²) in [6.45, 7) is 0. The van der Waals surface area contributed by atoms with Crippen molar-refractivity contribution < 1.29 is 4.42 Å². The van der Waals surface area contributed by atoms with Gasteiger partial charge >= 0.3 is 0 Å². The molecule has 0 saturated heterocycles. The molecule has 0 atom stereocenters. The van der Waals surface area contributed by atoms with Gasteiger partial charge in [0.25, 0.3) is 5.35 Å². The third-order valence-corrected chi connectivity index (χ3v) is 2.39. The van der Waals surface area contributed by atoms with E-state index in [4.69, 9.17) is 16.0 Å². The number of rotatable bonds is 1. The summed E-state index contributed by atoms with van der Waals surface area (Å²) >= 11 is 8.95. The monoisotopic (exact) mass is 245 g/mol. The summed E-state index contributed by atoms with van der Waals surface area (Å²) in [6, 6.07) is 5.78. The molecule has 0 aliphatic heterocycles. The van der Waals surface area contributed by atoms with E-state index in [0.29, 0.717) is 0 Å². The maximum absolute atomic E-state index is 5.59. The van der Waals surface area contributed by atoms with E-state index in [1.165, 1.54) is 0 Å². The predicted octanol–water partition coefficient (Wildman–Crippen LogP) is 3.38. The SMILES string of the molecule is Clc1nc2cc(CBr)ccc2o1. The normalized spacial score (nSPS) is 10.8. The van der Waals surface area contributed by atoms with E-state index < -0.39 is 0 Å². The fraction of sp³-hybridized carbons (Fsp3) is 0.125. The lowest BCUT2D eigenvalue weighted by Gasteiger charge is -1.91. The van der Waals surface area contributed by atoms with Gasteiger partial charge in [0.2, 0.25) is 0 Å². The van der Waals surface area contributed by atoms with Crippen LogP contribution >= 0.6 is 27.5 Å². The zero-order valence-electron chi connectivity index (χ0n) is 6.05. The molecule has 1 heterocycles. The topological polar surface area (TPSA) is 26.0 Å². The van der Waals surface area contributed by atoms with E-state index in [0.717, 1.165) is 22.0 Å². The van der Waals surface area contributed by atoms with Crippen LogP contribution in [0.2, 0.25) is 5.35 Å². The summed E-state index contributed by atoms with van der Waals surface area (Å²) in [4.78, 5) is 4.00. The molecule has 2 nitrogen and oxygen atoms in total. The Morgan fingerprint density at radius 3 is 3.08 bits per heavy atom. The lowest BCUT2D eigenvalue weighted by molar-refractivity contribution is 0.604. The summed E-state index contributed by atoms with van der Waals surface area (Å²) in [7, 11) is 0. The number of fused-ring (bicyclic) bond motifs is 1. The molecule has 0 N–H and O–H groups in total. The molecule has 0 bridgehead atoms. The number of hydrogen-bond acceptors (Lipinski definition) is 2. The van der Waals surface area contributed by atoms with Crippen LogP contribution in [0, 0.1) is 0 Å². The van der Waals surface area contributed by atoms with Crippen molar-refractivity contribution in [2.75, 3.05) is 0 Å². The molecule has 0 aliphatic carbocycles. The lowest BCUT2D eigenvalue weighted by Crippen LogP contribution is -1.75. The highest BCUT2D eigenvalue weighted by Gasteiger charge is 2.02.